The molecular formula is C22H26ClN5O4S. The van der Waals surface area contributed by atoms with Gasteiger partial charge in [-0.15, -0.1) is 12.4 Å². The molecule has 0 amide bonds. The average Bonchev–Trinajstić information content (AvgIpc) is 3.41. The maximum absolute atomic E-state index is 12.9. The molecule has 1 aliphatic rings. The van der Waals surface area contributed by atoms with Crippen molar-refractivity contribution < 1.29 is 18.3 Å². The molecule has 0 bridgehead atoms. The summed E-state index contributed by atoms with van der Waals surface area (Å²) >= 11 is 0. The fraction of sp³-hybridized carbons (Fsp3) is 0.318. The van der Waals surface area contributed by atoms with Crippen LogP contribution in [0.4, 0.5) is 0 Å². The van der Waals surface area contributed by atoms with E-state index in [1.165, 1.54) is 4.31 Å². The van der Waals surface area contributed by atoms with Gasteiger partial charge in [-0.25, -0.2) is 13.4 Å². The molecule has 2 aromatic carbocycles. The standard InChI is InChI=1S/C22H25N5O4S.ClH/c1-26-19-9-8-16(32(30,31)27-10-2-3-11-27)12-18(19)25-22(26)17(13-20(28)29)14-4-6-15(7-5-14)21(23)24;/h4-9,12,17H,2-3,10-11,13H2,1H3,(H3,23,24)(H,28,29);1H. The Morgan fingerprint density at radius 3 is 2.39 bits per heavy atom. The molecule has 9 nitrogen and oxygen atoms in total. The van der Waals surface area contributed by atoms with Crippen molar-refractivity contribution in [2.45, 2.75) is 30.1 Å². The van der Waals surface area contributed by atoms with E-state index >= 15 is 0 Å². The van der Waals surface area contributed by atoms with Gasteiger partial charge in [0, 0.05) is 25.7 Å². The monoisotopic (exact) mass is 491 g/mol. The first kappa shape index (κ1) is 24.7. The first-order valence-electron chi connectivity index (χ1n) is 10.3. The number of aryl methyl sites for hydroxylation is 1. The predicted molar refractivity (Wildman–Crippen MR) is 128 cm³/mol. The summed E-state index contributed by atoms with van der Waals surface area (Å²) in [5, 5.41) is 17.1. The number of carbonyl (C=O) groups is 1. The first-order valence-corrected chi connectivity index (χ1v) is 11.7. The maximum Gasteiger partial charge on any atom is 0.304 e. The Morgan fingerprint density at radius 1 is 1.18 bits per heavy atom. The fourth-order valence-corrected chi connectivity index (χ4v) is 5.71. The van der Waals surface area contributed by atoms with Gasteiger partial charge in [0.15, 0.2) is 0 Å². The lowest BCUT2D eigenvalue weighted by molar-refractivity contribution is -0.137. The van der Waals surface area contributed by atoms with E-state index in [2.05, 4.69) is 4.98 Å². The molecule has 176 valence electrons. The zero-order valence-corrected chi connectivity index (χ0v) is 19.7. The van der Waals surface area contributed by atoms with Gasteiger partial charge in [0.25, 0.3) is 0 Å². The lowest BCUT2D eigenvalue weighted by Gasteiger charge is -2.16. The Balaban J connectivity index is 0.00000306. The second kappa shape index (κ2) is 9.50. The number of imidazole rings is 1. The van der Waals surface area contributed by atoms with E-state index in [0.717, 1.165) is 23.9 Å². The number of hydrogen-bond acceptors (Lipinski definition) is 5. The van der Waals surface area contributed by atoms with Gasteiger partial charge in [-0.2, -0.15) is 4.31 Å². The summed E-state index contributed by atoms with van der Waals surface area (Å²) in [4.78, 5) is 16.5. The van der Waals surface area contributed by atoms with Gasteiger partial charge in [0.1, 0.15) is 11.7 Å². The summed E-state index contributed by atoms with van der Waals surface area (Å²) in [6.07, 6.45) is 1.53. The zero-order chi connectivity index (χ0) is 23.0. The number of fused-ring (bicyclic) bond motifs is 1. The van der Waals surface area contributed by atoms with Gasteiger partial charge in [0.05, 0.1) is 28.3 Å². The number of benzene rings is 2. The molecule has 0 spiro atoms. The number of carboxylic acids is 1. The number of nitrogens with one attached hydrogen (secondary N) is 1. The highest BCUT2D eigenvalue weighted by Crippen LogP contribution is 2.31. The highest BCUT2D eigenvalue weighted by molar-refractivity contribution is 7.89. The molecule has 4 N–H and O–H groups in total. The lowest BCUT2D eigenvalue weighted by Crippen LogP contribution is -2.27. The van der Waals surface area contributed by atoms with Crippen LogP contribution < -0.4 is 5.73 Å². The Morgan fingerprint density at radius 2 is 1.82 bits per heavy atom. The van der Waals surface area contributed by atoms with E-state index < -0.39 is 21.9 Å². The van der Waals surface area contributed by atoms with Crippen molar-refractivity contribution in [3.63, 3.8) is 0 Å². The zero-order valence-electron chi connectivity index (χ0n) is 18.1. The molecule has 1 unspecified atom stereocenters. The number of nitrogens with two attached hydrogens (primary N) is 1. The molecule has 1 saturated heterocycles. The van der Waals surface area contributed by atoms with Crippen LogP contribution in [-0.2, 0) is 21.9 Å². The summed E-state index contributed by atoms with van der Waals surface area (Å²) in [6.45, 7) is 1.04. The molecule has 1 fully saturated rings. The Bertz CT molecular complexity index is 1300. The number of halogens is 1. The van der Waals surface area contributed by atoms with Crippen LogP contribution in [0.15, 0.2) is 47.4 Å². The molecule has 4 rings (SSSR count). The Kier molecular flexibility index (Phi) is 7.11. The predicted octanol–water partition coefficient (Wildman–Crippen LogP) is 2.67. The largest absolute Gasteiger partial charge is 0.481 e. The highest BCUT2D eigenvalue weighted by atomic mass is 35.5. The molecule has 1 atom stereocenters. The van der Waals surface area contributed by atoms with Crippen molar-refractivity contribution >= 4 is 45.3 Å². The molecule has 1 aliphatic heterocycles. The third kappa shape index (κ3) is 4.73. The van der Waals surface area contributed by atoms with Crippen LogP contribution in [0.5, 0.6) is 0 Å². The smallest absolute Gasteiger partial charge is 0.304 e. The van der Waals surface area contributed by atoms with Gasteiger partial charge in [-0.05, 0) is 36.6 Å². The van der Waals surface area contributed by atoms with Crippen molar-refractivity contribution in [1.29, 1.82) is 5.41 Å². The van der Waals surface area contributed by atoms with E-state index in [-0.39, 0.29) is 29.6 Å². The minimum atomic E-state index is -3.58. The molecule has 2 heterocycles. The third-order valence-electron chi connectivity index (χ3n) is 5.90. The summed E-state index contributed by atoms with van der Waals surface area (Å²) in [5.74, 6) is -1.07. The normalized spacial score (nSPS) is 15.3. The van der Waals surface area contributed by atoms with Crippen molar-refractivity contribution in [3.8, 4) is 0 Å². The summed E-state index contributed by atoms with van der Waals surface area (Å²) in [6, 6.07) is 11.7. The Labute approximate surface area is 198 Å². The van der Waals surface area contributed by atoms with Crippen molar-refractivity contribution in [1.82, 2.24) is 13.9 Å². The number of hydrogen-bond donors (Lipinski definition) is 3. The first-order chi connectivity index (χ1) is 15.2. The minimum Gasteiger partial charge on any atom is -0.481 e. The molecule has 0 saturated carbocycles. The Hall–Kier alpha value is -2.95. The SMILES string of the molecule is Cl.Cn1c(C(CC(=O)O)c2ccc(C(=N)N)cc2)nc2cc(S(=O)(=O)N3CCCC3)ccc21. The lowest BCUT2D eigenvalue weighted by atomic mass is 9.94. The van der Waals surface area contributed by atoms with Crippen molar-refractivity contribution in [2.24, 2.45) is 12.8 Å². The molecule has 11 heteroatoms. The van der Waals surface area contributed by atoms with Crippen LogP contribution in [0.2, 0.25) is 0 Å². The second-order valence-electron chi connectivity index (χ2n) is 7.98. The maximum atomic E-state index is 12.9. The van der Waals surface area contributed by atoms with Crippen LogP contribution in [0.3, 0.4) is 0 Å². The van der Waals surface area contributed by atoms with Crippen LogP contribution in [0.25, 0.3) is 11.0 Å². The summed E-state index contributed by atoms with van der Waals surface area (Å²) in [7, 11) is -1.79. The average molecular weight is 492 g/mol. The molecule has 0 radical (unpaired) electrons. The van der Waals surface area contributed by atoms with E-state index in [1.807, 2.05) is 0 Å². The number of sulfonamides is 1. The van der Waals surface area contributed by atoms with Crippen LogP contribution >= 0.6 is 12.4 Å². The quantitative estimate of drug-likeness (QED) is 0.342. The highest BCUT2D eigenvalue weighted by Gasteiger charge is 2.29. The number of carboxylic acid groups (broad SMARTS) is 1. The van der Waals surface area contributed by atoms with Gasteiger partial charge in [-0.1, -0.05) is 24.3 Å². The number of aromatic nitrogens is 2. The number of nitrogen functional groups attached to an aromatic ring is 1. The number of aliphatic carboxylic acids is 1. The molecule has 33 heavy (non-hydrogen) atoms. The number of nitrogens with zero attached hydrogens (tertiary/aromatic N) is 3. The van der Waals surface area contributed by atoms with E-state index in [4.69, 9.17) is 11.1 Å². The summed E-state index contributed by atoms with van der Waals surface area (Å²) < 4.78 is 29.2. The van der Waals surface area contributed by atoms with Gasteiger partial charge < -0.3 is 15.4 Å². The van der Waals surface area contributed by atoms with E-state index in [1.54, 1.807) is 54.1 Å². The van der Waals surface area contributed by atoms with Crippen LogP contribution in [0, 0.1) is 5.41 Å². The van der Waals surface area contributed by atoms with Crippen LogP contribution in [0.1, 0.15) is 42.1 Å². The van der Waals surface area contributed by atoms with E-state index in [0.29, 0.717) is 30.0 Å². The van der Waals surface area contributed by atoms with Gasteiger partial charge in [-0.3, -0.25) is 10.2 Å². The second-order valence-corrected chi connectivity index (χ2v) is 9.91. The fourth-order valence-electron chi connectivity index (χ4n) is 4.18. The van der Waals surface area contributed by atoms with Crippen LogP contribution in [-0.4, -0.2) is 52.3 Å². The van der Waals surface area contributed by atoms with Crippen molar-refractivity contribution in [2.75, 3.05) is 13.1 Å². The molecular weight excluding hydrogens is 466 g/mol. The van der Waals surface area contributed by atoms with Crippen molar-refractivity contribution in [3.05, 3.63) is 59.4 Å². The van der Waals surface area contributed by atoms with Gasteiger partial charge in [0.2, 0.25) is 10.0 Å². The number of amidine groups is 1. The minimum absolute atomic E-state index is 0. The van der Waals surface area contributed by atoms with E-state index in [9.17, 15) is 18.3 Å². The summed E-state index contributed by atoms with van der Waals surface area (Å²) in [5.41, 5.74) is 8.01. The molecule has 0 aliphatic carbocycles. The molecule has 1 aromatic heterocycles. The topological polar surface area (TPSA) is 142 Å². The van der Waals surface area contributed by atoms with Gasteiger partial charge >= 0.3 is 5.97 Å². The third-order valence-corrected chi connectivity index (χ3v) is 7.80. The molecule has 3 aromatic rings. The number of rotatable bonds is 7.